The van der Waals surface area contributed by atoms with Gasteiger partial charge in [-0.2, -0.15) is 4.31 Å². The number of nitrogens with one attached hydrogen (secondary N) is 1. The Labute approximate surface area is 160 Å². The molecular formula is C18H18F2N2O5S. The van der Waals surface area contributed by atoms with Crippen molar-refractivity contribution < 1.29 is 31.5 Å². The van der Waals surface area contributed by atoms with Crippen LogP contribution in [0.5, 0.6) is 11.5 Å². The molecule has 1 amide bonds. The second-order valence-corrected chi connectivity index (χ2v) is 7.82. The largest absolute Gasteiger partial charge is 0.486 e. The molecular weight excluding hydrogens is 394 g/mol. The summed E-state index contributed by atoms with van der Waals surface area (Å²) >= 11 is 0. The van der Waals surface area contributed by atoms with Crippen LogP contribution in [0.15, 0.2) is 41.3 Å². The summed E-state index contributed by atoms with van der Waals surface area (Å²) in [6, 6.07) is 6.95. The molecule has 2 aromatic rings. The molecule has 0 atom stereocenters. The van der Waals surface area contributed by atoms with Crippen LogP contribution in [0, 0.1) is 11.6 Å². The van der Waals surface area contributed by atoms with E-state index in [1.54, 1.807) is 18.2 Å². The molecule has 0 aromatic heterocycles. The quantitative estimate of drug-likeness (QED) is 0.788. The number of carbonyl (C=O) groups is 1. The lowest BCUT2D eigenvalue weighted by molar-refractivity contribution is -0.116. The number of amides is 1. The third-order valence-electron chi connectivity index (χ3n) is 4.01. The standard InChI is InChI=1S/C18H18F2N2O5S/c1-2-22(28(24,25)17-6-3-12(19)9-14(17)20)11-18(23)21-13-4-5-15-16(10-13)27-8-7-26-15/h3-6,9-10H,2,7-8,11H2,1H3,(H,21,23). The Morgan fingerprint density at radius 2 is 1.82 bits per heavy atom. The average Bonchev–Trinajstić information content (AvgIpc) is 2.65. The zero-order valence-corrected chi connectivity index (χ0v) is 15.8. The number of likely N-dealkylation sites (N-methyl/N-ethyl adjacent to an activating group) is 1. The second kappa shape index (κ2) is 8.11. The van der Waals surface area contributed by atoms with Gasteiger partial charge >= 0.3 is 0 Å². The molecule has 1 N–H and O–H groups in total. The molecule has 0 spiro atoms. The molecule has 28 heavy (non-hydrogen) atoms. The topological polar surface area (TPSA) is 84.9 Å². The Bertz CT molecular complexity index is 997. The van der Waals surface area contributed by atoms with Crippen LogP contribution in [0.3, 0.4) is 0 Å². The molecule has 0 radical (unpaired) electrons. The molecule has 7 nitrogen and oxygen atoms in total. The predicted molar refractivity (Wildman–Crippen MR) is 96.9 cm³/mol. The number of nitrogens with zero attached hydrogens (tertiary/aromatic N) is 1. The summed E-state index contributed by atoms with van der Waals surface area (Å²) in [5.41, 5.74) is 0.399. The van der Waals surface area contributed by atoms with Crippen LogP contribution in [0.2, 0.25) is 0 Å². The zero-order valence-electron chi connectivity index (χ0n) is 14.9. The first-order chi connectivity index (χ1) is 13.3. The summed E-state index contributed by atoms with van der Waals surface area (Å²) in [5, 5.41) is 2.57. The number of anilines is 1. The summed E-state index contributed by atoms with van der Waals surface area (Å²) < 4.78 is 63.8. The van der Waals surface area contributed by atoms with Crippen LogP contribution in [-0.4, -0.2) is 44.9 Å². The fourth-order valence-corrected chi connectivity index (χ4v) is 4.12. The lowest BCUT2D eigenvalue weighted by Crippen LogP contribution is -2.38. The summed E-state index contributed by atoms with van der Waals surface area (Å²) in [6.45, 7) is 1.71. The molecule has 0 saturated carbocycles. The van der Waals surface area contributed by atoms with Crippen molar-refractivity contribution in [1.82, 2.24) is 4.31 Å². The van der Waals surface area contributed by atoms with Gasteiger partial charge in [-0.25, -0.2) is 17.2 Å². The SMILES string of the molecule is CCN(CC(=O)Nc1ccc2c(c1)OCCO2)S(=O)(=O)c1ccc(F)cc1F. The number of ether oxygens (including phenoxy) is 2. The van der Waals surface area contributed by atoms with E-state index in [9.17, 15) is 22.0 Å². The van der Waals surface area contributed by atoms with Crippen molar-refractivity contribution in [2.75, 3.05) is 31.6 Å². The minimum atomic E-state index is -4.31. The van der Waals surface area contributed by atoms with Crippen LogP contribution in [0.4, 0.5) is 14.5 Å². The highest BCUT2D eigenvalue weighted by Gasteiger charge is 2.28. The van der Waals surface area contributed by atoms with E-state index >= 15 is 0 Å². The molecule has 0 bridgehead atoms. The minimum absolute atomic E-state index is 0.0757. The lowest BCUT2D eigenvalue weighted by Gasteiger charge is -2.21. The highest BCUT2D eigenvalue weighted by molar-refractivity contribution is 7.89. The first kappa shape index (κ1) is 20.0. The molecule has 0 fully saturated rings. The van der Waals surface area contributed by atoms with Crippen molar-refractivity contribution in [1.29, 1.82) is 0 Å². The second-order valence-electron chi connectivity index (χ2n) is 5.91. The van der Waals surface area contributed by atoms with E-state index in [1.165, 1.54) is 6.92 Å². The smallest absolute Gasteiger partial charge is 0.246 e. The van der Waals surface area contributed by atoms with E-state index in [-0.39, 0.29) is 6.54 Å². The van der Waals surface area contributed by atoms with Crippen molar-refractivity contribution in [3.05, 3.63) is 48.0 Å². The minimum Gasteiger partial charge on any atom is -0.486 e. The van der Waals surface area contributed by atoms with E-state index in [2.05, 4.69) is 5.32 Å². The van der Waals surface area contributed by atoms with Gasteiger partial charge in [0.15, 0.2) is 11.5 Å². The zero-order chi connectivity index (χ0) is 20.3. The number of hydrogen-bond donors (Lipinski definition) is 1. The molecule has 2 aromatic carbocycles. The Morgan fingerprint density at radius 3 is 2.50 bits per heavy atom. The van der Waals surface area contributed by atoms with Crippen molar-refractivity contribution in [3.8, 4) is 11.5 Å². The van der Waals surface area contributed by atoms with Crippen molar-refractivity contribution >= 4 is 21.6 Å². The number of hydrogen-bond acceptors (Lipinski definition) is 5. The van der Waals surface area contributed by atoms with E-state index in [0.717, 1.165) is 16.4 Å². The van der Waals surface area contributed by atoms with Gasteiger partial charge in [0.05, 0.1) is 6.54 Å². The predicted octanol–water partition coefficient (Wildman–Crippen LogP) is 2.39. The maximum Gasteiger partial charge on any atom is 0.246 e. The van der Waals surface area contributed by atoms with Gasteiger partial charge in [-0.05, 0) is 24.3 Å². The van der Waals surface area contributed by atoms with Gasteiger partial charge in [0.2, 0.25) is 15.9 Å². The summed E-state index contributed by atoms with van der Waals surface area (Å²) in [4.78, 5) is 11.6. The fourth-order valence-electron chi connectivity index (χ4n) is 2.67. The van der Waals surface area contributed by atoms with Gasteiger partial charge in [-0.3, -0.25) is 4.79 Å². The lowest BCUT2D eigenvalue weighted by atomic mass is 10.2. The van der Waals surface area contributed by atoms with Gasteiger partial charge in [0.1, 0.15) is 29.7 Å². The molecule has 0 saturated heterocycles. The maximum absolute atomic E-state index is 13.9. The van der Waals surface area contributed by atoms with Gasteiger partial charge in [-0.1, -0.05) is 6.92 Å². The van der Waals surface area contributed by atoms with Gasteiger partial charge in [-0.15, -0.1) is 0 Å². The van der Waals surface area contributed by atoms with Crippen LogP contribution in [0.25, 0.3) is 0 Å². The number of carbonyl (C=O) groups excluding carboxylic acids is 1. The van der Waals surface area contributed by atoms with Crippen LogP contribution in [-0.2, 0) is 14.8 Å². The average molecular weight is 412 g/mol. The highest BCUT2D eigenvalue weighted by atomic mass is 32.2. The molecule has 0 unspecified atom stereocenters. The van der Waals surface area contributed by atoms with Crippen molar-refractivity contribution in [2.45, 2.75) is 11.8 Å². The summed E-state index contributed by atoms with van der Waals surface area (Å²) in [6.07, 6.45) is 0. The van der Waals surface area contributed by atoms with E-state index in [4.69, 9.17) is 9.47 Å². The van der Waals surface area contributed by atoms with Crippen LogP contribution in [0.1, 0.15) is 6.92 Å². The highest BCUT2D eigenvalue weighted by Crippen LogP contribution is 2.32. The third-order valence-corrected chi connectivity index (χ3v) is 5.96. The van der Waals surface area contributed by atoms with Crippen LogP contribution >= 0.6 is 0 Å². The van der Waals surface area contributed by atoms with E-state index in [0.29, 0.717) is 36.5 Å². The Hall–Kier alpha value is -2.72. The molecule has 3 rings (SSSR count). The Morgan fingerprint density at radius 1 is 1.11 bits per heavy atom. The van der Waals surface area contributed by atoms with Crippen molar-refractivity contribution in [3.63, 3.8) is 0 Å². The van der Waals surface area contributed by atoms with Crippen LogP contribution < -0.4 is 14.8 Å². The van der Waals surface area contributed by atoms with Gasteiger partial charge in [0, 0.05) is 24.4 Å². The number of halogens is 2. The third kappa shape index (κ3) is 4.23. The molecule has 10 heteroatoms. The number of rotatable bonds is 6. The normalized spacial score (nSPS) is 13.4. The first-order valence-electron chi connectivity index (χ1n) is 8.46. The molecule has 150 valence electrons. The molecule has 0 aliphatic carbocycles. The first-order valence-corrected chi connectivity index (χ1v) is 9.90. The monoisotopic (exact) mass is 412 g/mol. The van der Waals surface area contributed by atoms with Crippen molar-refractivity contribution in [2.24, 2.45) is 0 Å². The number of sulfonamides is 1. The van der Waals surface area contributed by atoms with Gasteiger partial charge < -0.3 is 14.8 Å². The fraction of sp³-hybridized carbons (Fsp3) is 0.278. The van der Waals surface area contributed by atoms with E-state index in [1.807, 2.05) is 0 Å². The molecule has 1 heterocycles. The Balaban J connectivity index is 1.74. The maximum atomic E-state index is 13.9. The van der Waals surface area contributed by atoms with Gasteiger partial charge in [0.25, 0.3) is 0 Å². The summed E-state index contributed by atoms with van der Waals surface area (Å²) in [5.74, 6) is -1.71. The number of benzene rings is 2. The molecule has 1 aliphatic rings. The summed E-state index contributed by atoms with van der Waals surface area (Å²) in [7, 11) is -4.31. The number of fused-ring (bicyclic) bond motifs is 1. The Kier molecular flexibility index (Phi) is 5.80. The van der Waals surface area contributed by atoms with E-state index < -0.39 is 39.0 Å². The molecule has 1 aliphatic heterocycles.